The highest BCUT2D eigenvalue weighted by Crippen LogP contribution is 1.90. The van der Waals surface area contributed by atoms with E-state index in [4.69, 9.17) is 5.73 Å². The lowest BCUT2D eigenvalue weighted by molar-refractivity contribution is -0.702. The molecule has 5 heteroatoms. The topological polar surface area (TPSA) is 74.8 Å². The maximum atomic E-state index is 10.4. The van der Waals surface area contributed by atoms with Gasteiger partial charge in [0, 0.05) is 13.0 Å². The summed E-state index contributed by atoms with van der Waals surface area (Å²) in [6.07, 6.45) is 7.39. The number of urea groups is 1. The number of primary amides is 1. The summed E-state index contributed by atoms with van der Waals surface area (Å²) in [5.41, 5.74) is 4.95. The average molecular weight is 209 g/mol. The van der Waals surface area contributed by atoms with Crippen LogP contribution in [0.4, 0.5) is 4.79 Å². The Morgan fingerprint density at radius 2 is 2.53 bits per heavy atom. The van der Waals surface area contributed by atoms with Gasteiger partial charge in [-0.25, -0.2) is 14.3 Å². The molecule has 0 bridgehead atoms. The summed E-state index contributed by atoms with van der Waals surface area (Å²) in [5, 5.41) is 2.55. The average Bonchev–Trinajstić information content (AvgIpc) is 2.61. The molecule has 0 aliphatic rings. The largest absolute Gasteiger partial charge is 0.352 e. The standard InChI is InChI=1S/C10H16N4O/c1-2-4-9-12-6-8-14(9)7-3-5-13-10(11)15/h2,6,8H,1,3-5,7H2,(H3,11,13,15)/p+1. The highest BCUT2D eigenvalue weighted by Gasteiger charge is 2.07. The lowest BCUT2D eigenvalue weighted by atomic mass is 10.3. The molecule has 2 amide bonds. The van der Waals surface area contributed by atoms with Crippen LogP contribution in [0.5, 0.6) is 0 Å². The number of carbonyl (C=O) groups excluding carboxylic acids is 1. The van der Waals surface area contributed by atoms with Gasteiger partial charge >= 0.3 is 6.03 Å². The van der Waals surface area contributed by atoms with E-state index in [9.17, 15) is 4.79 Å². The van der Waals surface area contributed by atoms with E-state index in [1.807, 2.05) is 18.5 Å². The van der Waals surface area contributed by atoms with Gasteiger partial charge in [0.1, 0.15) is 12.4 Å². The van der Waals surface area contributed by atoms with Gasteiger partial charge in [-0.3, -0.25) is 0 Å². The number of allylic oxidation sites excluding steroid dienone is 1. The second kappa shape index (κ2) is 5.85. The Balaban J connectivity index is 2.33. The van der Waals surface area contributed by atoms with Crippen molar-refractivity contribution in [2.45, 2.75) is 19.4 Å². The van der Waals surface area contributed by atoms with Gasteiger partial charge in [-0.05, 0) is 0 Å². The van der Waals surface area contributed by atoms with Crippen molar-refractivity contribution < 1.29 is 9.36 Å². The van der Waals surface area contributed by atoms with E-state index < -0.39 is 6.03 Å². The molecule has 0 aromatic carbocycles. The van der Waals surface area contributed by atoms with Gasteiger partial charge in [0.2, 0.25) is 0 Å². The van der Waals surface area contributed by atoms with Crippen LogP contribution in [0.15, 0.2) is 25.0 Å². The Morgan fingerprint density at radius 3 is 3.20 bits per heavy atom. The molecule has 15 heavy (non-hydrogen) atoms. The van der Waals surface area contributed by atoms with Crippen molar-refractivity contribution >= 4 is 6.03 Å². The molecule has 82 valence electrons. The third kappa shape index (κ3) is 3.84. The number of hydrogen-bond acceptors (Lipinski definition) is 1. The number of amides is 2. The van der Waals surface area contributed by atoms with E-state index in [2.05, 4.69) is 21.4 Å². The first-order valence-electron chi connectivity index (χ1n) is 4.94. The first-order valence-corrected chi connectivity index (χ1v) is 4.94. The molecule has 0 fully saturated rings. The fourth-order valence-corrected chi connectivity index (χ4v) is 1.38. The molecule has 0 unspecified atom stereocenters. The third-order valence-corrected chi connectivity index (χ3v) is 2.06. The van der Waals surface area contributed by atoms with E-state index in [1.165, 1.54) is 0 Å². The molecule has 4 N–H and O–H groups in total. The molecule has 1 heterocycles. The van der Waals surface area contributed by atoms with Crippen LogP contribution in [-0.4, -0.2) is 17.6 Å². The summed E-state index contributed by atoms with van der Waals surface area (Å²) in [4.78, 5) is 13.6. The van der Waals surface area contributed by atoms with Crippen LogP contribution in [0.25, 0.3) is 0 Å². The molecule has 1 aromatic rings. The number of nitrogens with zero attached hydrogens (tertiary/aromatic N) is 1. The Hall–Kier alpha value is -1.78. The number of nitrogens with one attached hydrogen (secondary N) is 2. The Kier molecular flexibility index (Phi) is 4.40. The molecule has 1 aromatic heterocycles. The van der Waals surface area contributed by atoms with Gasteiger partial charge in [-0.2, -0.15) is 0 Å². The molecule has 0 atom stereocenters. The number of imidazole rings is 1. The Morgan fingerprint density at radius 1 is 1.73 bits per heavy atom. The van der Waals surface area contributed by atoms with E-state index in [0.29, 0.717) is 6.54 Å². The molecule has 0 saturated heterocycles. The maximum Gasteiger partial charge on any atom is 0.312 e. The number of hydrogen-bond donors (Lipinski definition) is 3. The fourth-order valence-electron chi connectivity index (χ4n) is 1.38. The van der Waals surface area contributed by atoms with Gasteiger partial charge in [0.15, 0.2) is 0 Å². The fraction of sp³-hybridized carbons (Fsp3) is 0.400. The minimum Gasteiger partial charge on any atom is -0.352 e. The van der Waals surface area contributed by atoms with Gasteiger partial charge in [0.05, 0.1) is 13.0 Å². The summed E-state index contributed by atoms with van der Waals surface area (Å²) in [5.74, 6) is 1.11. The van der Waals surface area contributed by atoms with Crippen molar-refractivity contribution in [3.8, 4) is 0 Å². The number of aryl methyl sites for hydroxylation is 1. The predicted octanol–water partition coefficient (Wildman–Crippen LogP) is 0.0891. The summed E-state index contributed by atoms with van der Waals surface area (Å²) in [7, 11) is 0. The van der Waals surface area contributed by atoms with Gasteiger partial charge < -0.3 is 11.1 Å². The molecule has 0 aliphatic carbocycles. The van der Waals surface area contributed by atoms with Gasteiger partial charge in [-0.15, -0.1) is 6.58 Å². The van der Waals surface area contributed by atoms with E-state index in [1.54, 1.807) is 0 Å². The van der Waals surface area contributed by atoms with Crippen molar-refractivity contribution in [2.75, 3.05) is 6.54 Å². The minimum atomic E-state index is -0.472. The smallest absolute Gasteiger partial charge is 0.312 e. The molecule has 0 spiro atoms. The van der Waals surface area contributed by atoms with E-state index >= 15 is 0 Å². The molecule has 0 radical (unpaired) electrons. The van der Waals surface area contributed by atoms with Crippen LogP contribution in [-0.2, 0) is 13.0 Å². The van der Waals surface area contributed by atoms with Crippen LogP contribution < -0.4 is 15.6 Å². The van der Waals surface area contributed by atoms with Crippen LogP contribution >= 0.6 is 0 Å². The van der Waals surface area contributed by atoms with Crippen LogP contribution in [0.3, 0.4) is 0 Å². The van der Waals surface area contributed by atoms with Crippen molar-refractivity contribution in [2.24, 2.45) is 5.73 Å². The highest BCUT2D eigenvalue weighted by molar-refractivity contribution is 5.71. The Bertz CT molecular complexity index is 332. The summed E-state index contributed by atoms with van der Waals surface area (Å²) < 4.78 is 2.10. The normalized spacial score (nSPS) is 9.87. The summed E-state index contributed by atoms with van der Waals surface area (Å²) in [6.45, 7) is 5.14. The summed E-state index contributed by atoms with van der Waals surface area (Å²) >= 11 is 0. The number of carbonyl (C=O) groups is 1. The minimum absolute atomic E-state index is 0.472. The molecular weight excluding hydrogens is 192 g/mol. The predicted molar refractivity (Wildman–Crippen MR) is 57.1 cm³/mol. The SMILES string of the molecule is C=CCc1[nH]cc[n+]1CCCNC(N)=O. The Labute approximate surface area is 89.0 Å². The summed E-state index contributed by atoms with van der Waals surface area (Å²) in [6, 6.07) is -0.472. The lowest BCUT2D eigenvalue weighted by Crippen LogP contribution is -2.38. The highest BCUT2D eigenvalue weighted by atomic mass is 16.2. The van der Waals surface area contributed by atoms with E-state index in [-0.39, 0.29) is 0 Å². The maximum absolute atomic E-state index is 10.4. The quantitative estimate of drug-likeness (QED) is 0.347. The van der Waals surface area contributed by atoms with Crippen LogP contribution in [0.2, 0.25) is 0 Å². The zero-order valence-electron chi connectivity index (χ0n) is 8.70. The molecular formula is C10H17N4O+. The van der Waals surface area contributed by atoms with Crippen LogP contribution in [0, 0.1) is 0 Å². The van der Waals surface area contributed by atoms with E-state index in [0.717, 1.165) is 25.2 Å². The number of H-pyrrole nitrogens is 1. The van der Waals surface area contributed by atoms with Gasteiger partial charge in [-0.1, -0.05) is 6.08 Å². The second-order valence-electron chi connectivity index (χ2n) is 3.24. The molecule has 0 aliphatic heterocycles. The third-order valence-electron chi connectivity index (χ3n) is 2.06. The van der Waals surface area contributed by atoms with Crippen molar-refractivity contribution in [1.29, 1.82) is 0 Å². The number of aromatic nitrogens is 2. The first-order chi connectivity index (χ1) is 7.24. The molecule has 1 rings (SSSR count). The number of aromatic amines is 1. The monoisotopic (exact) mass is 209 g/mol. The van der Waals surface area contributed by atoms with Crippen LogP contribution in [0.1, 0.15) is 12.2 Å². The molecule has 5 nitrogen and oxygen atoms in total. The first kappa shape index (κ1) is 11.3. The number of nitrogens with two attached hydrogens (primary N) is 1. The van der Waals surface area contributed by atoms with Crippen molar-refractivity contribution in [3.05, 3.63) is 30.9 Å². The van der Waals surface area contributed by atoms with Gasteiger partial charge in [0.25, 0.3) is 5.82 Å². The van der Waals surface area contributed by atoms with Crippen molar-refractivity contribution in [1.82, 2.24) is 10.3 Å². The lowest BCUT2D eigenvalue weighted by Gasteiger charge is -2.01. The number of rotatable bonds is 6. The zero-order valence-corrected chi connectivity index (χ0v) is 8.70. The zero-order chi connectivity index (χ0) is 11.1. The second-order valence-corrected chi connectivity index (χ2v) is 3.24. The van der Waals surface area contributed by atoms with Crippen molar-refractivity contribution in [3.63, 3.8) is 0 Å². The molecule has 0 saturated carbocycles.